The minimum Gasteiger partial charge on any atom is -0.495 e. The van der Waals surface area contributed by atoms with Crippen LogP contribution in [0.25, 0.3) is 10.8 Å². The van der Waals surface area contributed by atoms with E-state index in [-0.39, 0.29) is 45.8 Å². The molecule has 4 aromatic rings. The summed E-state index contributed by atoms with van der Waals surface area (Å²) in [6.07, 6.45) is 0.831. The van der Waals surface area contributed by atoms with Gasteiger partial charge in [0.25, 0.3) is 21.1 Å². The van der Waals surface area contributed by atoms with Gasteiger partial charge in [-0.05, 0) is 72.7 Å². The number of ketones is 1. The van der Waals surface area contributed by atoms with Crippen molar-refractivity contribution in [1.82, 2.24) is 9.36 Å². The van der Waals surface area contributed by atoms with E-state index in [2.05, 4.69) is 4.72 Å². The highest BCUT2D eigenvalue weighted by molar-refractivity contribution is 7.92. The molecule has 1 aliphatic carbocycles. The van der Waals surface area contributed by atoms with Crippen molar-refractivity contribution in [2.45, 2.75) is 58.0 Å². The number of aryl methyl sites for hydroxylation is 2. The predicted octanol–water partition coefficient (Wildman–Crippen LogP) is 4.88. The van der Waals surface area contributed by atoms with E-state index in [1.54, 1.807) is 36.4 Å². The third kappa shape index (κ3) is 4.79. The van der Waals surface area contributed by atoms with E-state index in [0.717, 1.165) is 16.7 Å². The minimum atomic E-state index is -4.18. The summed E-state index contributed by atoms with van der Waals surface area (Å²) in [5, 5.41) is 0.530. The first-order valence-electron chi connectivity index (χ1n) is 14.1. The summed E-state index contributed by atoms with van der Waals surface area (Å²) in [7, 11) is -2.80. The Balaban J connectivity index is 1.60. The molecule has 43 heavy (non-hydrogen) atoms. The van der Waals surface area contributed by atoms with Crippen LogP contribution in [0, 0.1) is 19.3 Å². The van der Waals surface area contributed by atoms with Crippen LogP contribution >= 0.6 is 0 Å². The molecule has 0 spiro atoms. The number of Topliss-reactive ketones (excluding diaryl/α,β-unsaturated/α-hetero) is 1. The van der Waals surface area contributed by atoms with Gasteiger partial charge in [0, 0.05) is 12.0 Å². The second kappa shape index (κ2) is 10.1. The number of anilines is 1. The lowest BCUT2D eigenvalue weighted by Gasteiger charge is -2.40. The molecule has 0 saturated heterocycles. The summed E-state index contributed by atoms with van der Waals surface area (Å²) in [5.74, 6) is -0.0194. The van der Waals surface area contributed by atoms with Gasteiger partial charge in [0.05, 0.1) is 30.1 Å². The molecular weight excluding hydrogens is 566 g/mol. The van der Waals surface area contributed by atoms with E-state index in [1.165, 1.54) is 28.6 Å². The van der Waals surface area contributed by atoms with Crippen molar-refractivity contribution in [3.05, 3.63) is 109 Å². The Kier molecular flexibility index (Phi) is 6.72. The first kappa shape index (κ1) is 28.7. The maximum absolute atomic E-state index is 14.0. The molecule has 1 aliphatic heterocycles. The number of fused-ring (bicyclic) bond motifs is 2. The molecule has 1 aromatic heterocycles. The molecule has 1 atom stereocenters. The maximum atomic E-state index is 14.0. The topological polar surface area (TPSA) is 116 Å². The van der Waals surface area contributed by atoms with Crippen molar-refractivity contribution in [2.75, 3.05) is 11.8 Å². The largest absolute Gasteiger partial charge is 0.495 e. The summed E-state index contributed by atoms with van der Waals surface area (Å²) < 4.78 is 38.5. The van der Waals surface area contributed by atoms with E-state index in [9.17, 15) is 22.8 Å². The van der Waals surface area contributed by atoms with Crippen LogP contribution in [0.3, 0.4) is 0 Å². The minimum absolute atomic E-state index is 0.102. The van der Waals surface area contributed by atoms with Crippen LogP contribution in [-0.2, 0) is 21.4 Å². The second-order valence-electron chi connectivity index (χ2n) is 12.3. The summed E-state index contributed by atoms with van der Waals surface area (Å²) in [5.41, 5.74) is 2.66. The molecule has 6 rings (SSSR count). The Labute approximate surface area is 249 Å². The van der Waals surface area contributed by atoms with Crippen molar-refractivity contribution >= 4 is 32.3 Å². The highest BCUT2D eigenvalue weighted by atomic mass is 32.2. The number of sulfonamides is 1. The number of carbonyl (C=O) groups excluding carboxylic acids is 1. The fourth-order valence-corrected chi connectivity index (χ4v) is 7.83. The van der Waals surface area contributed by atoms with Crippen LogP contribution in [0.1, 0.15) is 49.4 Å². The molecule has 0 radical (unpaired) electrons. The smallest absolute Gasteiger partial charge is 0.274 e. The number of allylic oxidation sites excluding steroid dienone is 2. The molecule has 9 nitrogen and oxygen atoms in total. The molecule has 2 aliphatic rings. The number of carbonyl (C=O) groups is 1. The van der Waals surface area contributed by atoms with Gasteiger partial charge >= 0.3 is 0 Å². The SMILES string of the molecule is COc1ccc(C2C3=C(Cn4c(=O)c5ccccc5c(=O)n42)CC(C)(C)CC3=O)cc1S(=O)(=O)Nc1ccc(C)cc1C. The molecule has 1 unspecified atom stereocenters. The van der Waals surface area contributed by atoms with Crippen molar-refractivity contribution in [3.63, 3.8) is 0 Å². The van der Waals surface area contributed by atoms with Gasteiger partial charge in [-0.25, -0.2) is 17.8 Å². The molecule has 3 aromatic carbocycles. The average molecular weight is 600 g/mol. The molecule has 10 heteroatoms. The fourth-order valence-electron chi connectivity index (χ4n) is 6.49. The quantitative estimate of drug-likeness (QED) is 0.350. The Bertz CT molecular complexity index is 2100. The third-order valence-electron chi connectivity index (χ3n) is 8.38. The zero-order valence-corrected chi connectivity index (χ0v) is 25.5. The van der Waals surface area contributed by atoms with Crippen molar-refractivity contribution in [3.8, 4) is 5.75 Å². The van der Waals surface area contributed by atoms with Crippen LogP contribution in [0.4, 0.5) is 5.69 Å². The monoisotopic (exact) mass is 599 g/mol. The van der Waals surface area contributed by atoms with Crippen molar-refractivity contribution in [2.24, 2.45) is 5.41 Å². The molecule has 0 saturated carbocycles. The normalized spacial score (nSPS) is 17.9. The van der Waals surface area contributed by atoms with Gasteiger partial charge in [-0.3, -0.25) is 19.1 Å². The van der Waals surface area contributed by atoms with Gasteiger partial charge in [0.2, 0.25) is 0 Å². The van der Waals surface area contributed by atoms with E-state index in [4.69, 9.17) is 4.74 Å². The van der Waals surface area contributed by atoms with Crippen LogP contribution in [0.15, 0.2) is 86.3 Å². The summed E-state index contributed by atoms with van der Waals surface area (Å²) in [4.78, 5) is 41.5. The number of nitrogens with one attached hydrogen (secondary N) is 1. The summed E-state index contributed by atoms with van der Waals surface area (Å²) in [6.45, 7) is 7.86. The molecule has 0 bridgehead atoms. The van der Waals surface area contributed by atoms with Crippen molar-refractivity contribution in [1.29, 1.82) is 0 Å². The Hall–Kier alpha value is -4.44. The lowest BCUT2D eigenvalue weighted by atomic mass is 9.71. The second-order valence-corrected chi connectivity index (χ2v) is 13.9. The van der Waals surface area contributed by atoms with Crippen LogP contribution in [0.2, 0.25) is 0 Å². The van der Waals surface area contributed by atoms with Crippen LogP contribution in [-0.4, -0.2) is 30.7 Å². The van der Waals surface area contributed by atoms with Gasteiger partial charge in [0.15, 0.2) is 5.78 Å². The number of aromatic nitrogens is 2. The number of hydrogen-bond donors (Lipinski definition) is 1. The zero-order valence-electron chi connectivity index (χ0n) is 24.7. The molecule has 2 heterocycles. The van der Waals surface area contributed by atoms with Gasteiger partial charge in [-0.15, -0.1) is 0 Å². The summed E-state index contributed by atoms with van der Waals surface area (Å²) >= 11 is 0. The predicted molar refractivity (Wildman–Crippen MR) is 165 cm³/mol. The number of ether oxygens (including phenoxy) is 1. The third-order valence-corrected chi connectivity index (χ3v) is 9.77. The van der Waals surface area contributed by atoms with E-state index in [1.807, 2.05) is 39.8 Å². The van der Waals surface area contributed by atoms with Crippen molar-refractivity contribution < 1.29 is 17.9 Å². The van der Waals surface area contributed by atoms with Crippen LogP contribution < -0.4 is 20.6 Å². The van der Waals surface area contributed by atoms with E-state index < -0.39 is 21.6 Å². The number of benzene rings is 3. The number of methoxy groups -OCH3 is 1. The number of rotatable bonds is 5. The maximum Gasteiger partial charge on any atom is 0.274 e. The first-order chi connectivity index (χ1) is 20.3. The zero-order chi connectivity index (χ0) is 30.8. The lowest BCUT2D eigenvalue weighted by Crippen LogP contribution is -2.47. The summed E-state index contributed by atoms with van der Waals surface area (Å²) in [6, 6.07) is 15.6. The highest BCUT2D eigenvalue weighted by Crippen LogP contribution is 2.45. The highest BCUT2D eigenvalue weighted by Gasteiger charge is 2.42. The number of nitrogens with zero attached hydrogens (tertiary/aromatic N) is 2. The molecule has 0 fully saturated rings. The molecule has 0 amide bonds. The number of hydrogen-bond acceptors (Lipinski definition) is 6. The first-order valence-corrected chi connectivity index (χ1v) is 15.6. The molecular formula is C33H33N3O6S. The van der Waals surface area contributed by atoms with Gasteiger partial charge in [0.1, 0.15) is 16.7 Å². The Morgan fingerprint density at radius 3 is 2.28 bits per heavy atom. The lowest BCUT2D eigenvalue weighted by molar-refractivity contribution is -0.118. The van der Waals surface area contributed by atoms with E-state index in [0.29, 0.717) is 28.6 Å². The van der Waals surface area contributed by atoms with Gasteiger partial charge < -0.3 is 4.74 Å². The van der Waals surface area contributed by atoms with Gasteiger partial charge in [-0.1, -0.05) is 49.7 Å². The molecule has 222 valence electrons. The average Bonchev–Trinajstić information content (AvgIpc) is 2.95. The molecule has 1 N–H and O–H groups in total. The fraction of sp³-hybridized carbons (Fsp3) is 0.303. The Morgan fingerprint density at radius 2 is 1.60 bits per heavy atom. The van der Waals surface area contributed by atoms with Gasteiger partial charge in [-0.2, -0.15) is 0 Å². The van der Waals surface area contributed by atoms with E-state index >= 15 is 0 Å². The Morgan fingerprint density at radius 1 is 0.907 bits per heavy atom. The van der Waals surface area contributed by atoms with Crippen LogP contribution in [0.5, 0.6) is 5.75 Å². The standard InChI is InChI=1S/C33H33N3O6S/c1-19-10-12-25(20(2)14-19)34-43(40,41)28-15-21(11-13-27(28)42-5)30-29-22(16-33(3,4)17-26(29)37)18-35-31(38)23-8-6-7-9-24(23)32(39)36(30)35/h6-15,30,34H,16-18H2,1-5H3.